The van der Waals surface area contributed by atoms with Gasteiger partial charge in [0.05, 0.1) is 6.04 Å². The van der Waals surface area contributed by atoms with Crippen molar-refractivity contribution in [1.82, 2.24) is 4.90 Å². The standard InChI is InChI=1S/C12H16N2O2/c1-14-8-10(13-11(14)12(15)16)7-9-5-3-2-4-6-9/h2-6,10,12,15-16H,7-8H2,1H3. The van der Waals surface area contributed by atoms with Crippen molar-refractivity contribution in [1.29, 1.82) is 0 Å². The summed E-state index contributed by atoms with van der Waals surface area (Å²) in [4.78, 5) is 6.10. The maximum absolute atomic E-state index is 9.09. The van der Waals surface area contributed by atoms with Crippen molar-refractivity contribution in [3.63, 3.8) is 0 Å². The third-order valence-electron chi connectivity index (χ3n) is 2.74. The van der Waals surface area contributed by atoms with E-state index in [0.29, 0.717) is 5.84 Å². The van der Waals surface area contributed by atoms with Gasteiger partial charge < -0.3 is 15.1 Å². The molecular weight excluding hydrogens is 204 g/mol. The van der Waals surface area contributed by atoms with Gasteiger partial charge >= 0.3 is 0 Å². The number of benzene rings is 1. The minimum atomic E-state index is -1.47. The molecule has 1 aliphatic rings. The number of aliphatic hydroxyl groups is 2. The fourth-order valence-corrected chi connectivity index (χ4v) is 2.00. The first kappa shape index (κ1) is 11.1. The highest BCUT2D eigenvalue weighted by Crippen LogP contribution is 2.14. The van der Waals surface area contributed by atoms with Gasteiger partial charge in [0.25, 0.3) is 0 Å². The summed E-state index contributed by atoms with van der Waals surface area (Å²) in [6, 6.07) is 10.2. The lowest BCUT2D eigenvalue weighted by Gasteiger charge is -2.15. The van der Waals surface area contributed by atoms with E-state index >= 15 is 0 Å². The lowest BCUT2D eigenvalue weighted by molar-refractivity contribution is 0.0123. The zero-order valence-electron chi connectivity index (χ0n) is 9.24. The van der Waals surface area contributed by atoms with Crippen LogP contribution in [0.25, 0.3) is 0 Å². The van der Waals surface area contributed by atoms with Gasteiger partial charge in [-0.1, -0.05) is 30.3 Å². The normalized spacial score (nSPS) is 20.4. The van der Waals surface area contributed by atoms with Crippen LogP contribution in [0.1, 0.15) is 5.56 Å². The smallest absolute Gasteiger partial charge is 0.211 e. The molecule has 0 amide bonds. The maximum atomic E-state index is 9.09. The van der Waals surface area contributed by atoms with E-state index < -0.39 is 6.29 Å². The number of hydrogen-bond acceptors (Lipinski definition) is 4. The molecule has 0 spiro atoms. The number of likely N-dealkylation sites (N-methyl/N-ethyl adjacent to an activating group) is 1. The Balaban J connectivity index is 2.04. The lowest BCUT2D eigenvalue weighted by atomic mass is 10.1. The quantitative estimate of drug-likeness (QED) is 0.718. The summed E-state index contributed by atoms with van der Waals surface area (Å²) in [7, 11) is 1.82. The van der Waals surface area contributed by atoms with E-state index in [1.165, 1.54) is 5.56 Å². The molecule has 2 rings (SSSR count). The Hall–Kier alpha value is -1.39. The van der Waals surface area contributed by atoms with Crippen molar-refractivity contribution < 1.29 is 10.2 Å². The van der Waals surface area contributed by atoms with Crippen LogP contribution in [-0.2, 0) is 6.42 Å². The Labute approximate surface area is 94.9 Å². The van der Waals surface area contributed by atoms with Crippen molar-refractivity contribution in [2.75, 3.05) is 13.6 Å². The minimum absolute atomic E-state index is 0.115. The topological polar surface area (TPSA) is 56.1 Å². The third kappa shape index (κ3) is 2.40. The molecule has 1 aromatic rings. The van der Waals surface area contributed by atoms with Crippen LogP contribution in [0.15, 0.2) is 35.3 Å². The van der Waals surface area contributed by atoms with E-state index in [9.17, 15) is 0 Å². The average molecular weight is 220 g/mol. The minimum Gasteiger partial charge on any atom is -0.362 e. The van der Waals surface area contributed by atoms with Crippen molar-refractivity contribution >= 4 is 5.84 Å². The molecule has 2 N–H and O–H groups in total. The van der Waals surface area contributed by atoms with E-state index in [0.717, 1.165) is 13.0 Å². The molecular formula is C12H16N2O2. The second-order valence-corrected chi connectivity index (χ2v) is 4.09. The molecule has 0 saturated heterocycles. The van der Waals surface area contributed by atoms with Gasteiger partial charge in [0.2, 0.25) is 6.29 Å². The molecule has 0 fully saturated rings. The van der Waals surface area contributed by atoms with Gasteiger partial charge in [-0.15, -0.1) is 0 Å². The Morgan fingerprint density at radius 1 is 1.38 bits per heavy atom. The van der Waals surface area contributed by atoms with Gasteiger partial charge in [-0.05, 0) is 12.0 Å². The second kappa shape index (κ2) is 4.63. The van der Waals surface area contributed by atoms with Crippen molar-refractivity contribution in [3.8, 4) is 0 Å². The summed E-state index contributed by atoms with van der Waals surface area (Å²) < 4.78 is 0. The van der Waals surface area contributed by atoms with E-state index in [1.54, 1.807) is 4.90 Å². The number of nitrogens with zero attached hydrogens (tertiary/aromatic N) is 2. The van der Waals surface area contributed by atoms with Gasteiger partial charge in [-0.3, -0.25) is 4.99 Å². The molecule has 86 valence electrons. The van der Waals surface area contributed by atoms with Crippen molar-refractivity contribution in [2.45, 2.75) is 18.8 Å². The first-order valence-corrected chi connectivity index (χ1v) is 5.35. The predicted molar refractivity (Wildman–Crippen MR) is 62.2 cm³/mol. The summed E-state index contributed by atoms with van der Waals surface area (Å²) in [5.41, 5.74) is 1.22. The van der Waals surface area contributed by atoms with Gasteiger partial charge in [0.1, 0.15) is 0 Å². The van der Waals surface area contributed by atoms with E-state index in [2.05, 4.69) is 17.1 Å². The highest BCUT2D eigenvalue weighted by molar-refractivity contribution is 5.86. The number of amidine groups is 1. The SMILES string of the molecule is CN1CC(Cc2ccccc2)N=C1C(O)O. The van der Waals surface area contributed by atoms with Crippen molar-refractivity contribution in [2.24, 2.45) is 4.99 Å². The summed E-state index contributed by atoms with van der Waals surface area (Å²) in [6.07, 6.45) is -0.632. The predicted octanol–water partition coefficient (Wildman–Crippen LogP) is 0.252. The van der Waals surface area contributed by atoms with Gasteiger partial charge in [0.15, 0.2) is 5.84 Å². The fourth-order valence-electron chi connectivity index (χ4n) is 2.00. The first-order chi connectivity index (χ1) is 7.66. The zero-order valence-corrected chi connectivity index (χ0v) is 9.24. The fraction of sp³-hybridized carbons (Fsp3) is 0.417. The summed E-state index contributed by atoms with van der Waals surface area (Å²) in [6.45, 7) is 0.738. The number of rotatable bonds is 3. The largest absolute Gasteiger partial charge is 0.362 e. The van der Waals surface area contributed by atoms with Crippen LogP contribution in [0, 0.1) is 0 Å². The molecule has 0 radical (unpaired) electrons. The molecule has 1 unspecified atom stereocenters. The van der Waals surface area contributed by atoms with E-state index in [4.69, 9.17) is 10.2 Å². The Kier molecular flexibility index (Phi) is 3.22. The highest BCUT2D eigenvalue weighted by atomic mass is 16.5. The zero-order chi connectivity index (χ0) is 11.5. The number of aliphatic hydroxyl groups excluding tert-OH is 1. The monoisotopic (exact) mass is 220 g/mol. The summed E-state index contributed by atoms with van der Waals surface area (Å²) >= 11 is 0. The molecule has 16 heavy (non-hydrogen) atoms. The third-order valence-corrected chi connectivity index (χ3v) is 2.74. The molecule has 4 heteroatoms. The Morgan fingerprint density at radius 2 is 2.06 bits per heavy atom. The molecule has 0 saturated carbocycles. The number of hydrogen-bond donors (Lipinski definition) is 2. The van der Waals surface area contributed by atoms with E-state index in [-0.39, 0.29) is 6.04 Å². The van der Waals surface area contributed by atoms with Crippen LogP contribution >= 0.6 is 0 Å². The van der Waals surface area contributed by atoms with Crippen LogP contribution in [0.5, 0.6) is 0 Å². The van der Waals surface area contributed by atoms with Crippen LogP contribution in [0.2, 0.25) is 0 Å². The molecule has 0 aromatic heterocycles. The second-order valence-electron chi connectivity index (χ2n) is 4.09. The van der Waals surface area contributed by atoms with E-state index in [1.807, 2.05) is 25.2 Å². The van der Waals surface area contributed by atoms with Gasteiger partial charge in [0, 0.05) is 13.6 Å². The Bertz CT molecular complexity index is 376. The van der Waals surface area contributed by atoms with Crippen LogP contribution < -0.4 is 0 Å². The van der Waals surface area contributed by atoms with Crippen molar-refractivity contribution in [3.05, 3.63) is 35.9 Å². The first-order valence-electron chi connectivity index (χ1n) is 5.35. The van der Waals surface area contributed by atoms with Crippen LogP contribution in [0.3, 0.4) is 0 Å². The van der Waals surface area contributed by atoms with Gasteiger partial charge in [-0.25, -0.2) is 0 Å². The molecule has 1 aromatic carbocycles. The molecule has 0 aliphatic carbocycles. The molecule has 1 atom stereocenters. The molecule has 0 bridgehead atoms. The number of aliphatic imine (C=N–C) groups is 1. The molecule has 1 aliphatic heterocycles. The maximum Gasteiger partial charge on any atom is 0.211 e. The molecule has 4 nitrogen and oxygen atoms in total. The van der Waals surface area contributed by atoms with Crippen LogP contribution in [-0.4, -0.2) is 46.9 Å². The Morgan fingerprint density at radius 3 is 2.62 bits per heavy atom. The summed E-state index contributed by atoms with van der Waals surface area (Å²) in [5.74, 6) is 0.362. The van der Waals surface area contributed by atoms with Crippen LogP contribution in [0.4, 0.5) is 0 Å². The molecule has 1 heterocycles. The summed E-state index contributed by atoms with van der Waals surface area (Å²) in [5, 5.41) is 18.2. The highest BCUT2D eigenvalue weighted by Gasteiger charge is 2.25. The lowest BCUT2D eigenvalue weighted by Crippen LogP contribution is -2.33. The van der Waals surface area contributed by atoms with Gasteiger partial charge in [-0.2, -0.15) is 0 Å². The average Bonchev–Trinajstić information content (AvgIpc) is 2.61.